The van der Waals surface area contributed by atoms with Crippen LogP contribution < -0.4 is 5.32 Å². The molecule has 0 aliphatic carbocycles. The van der Waals surface area contributed by atoms with E-state index in [1.165, 1.54) is 5.56 Å². The fourth-order valence-corrected chi connectivity index (χ4v) is 3.10. The Balaban J connectivity index is 1.92. The minimum atomic E-state index is -0.124. The first-order chi connectivity index (χ1) is 10.3. The van der Waals surface area contributed by atoms with Crippen LogP contribution in [0.3, 0.4) is 0 Å². The molecule has 1 fully saturated rings. The molecule has 1 aliphatic rings. The van der Waals surface area contributed by atoms with E-state index in [0.29, 0.717) is 5.92 Å². The van der Waals surface area contributed by atoms with Crippen molar-refractivity contribution in [2.24, 2.45) is 0 Å². The van der Waals surface area contributed by atoms with Gasteiger partial charge in [-0.3, -0.25) is 0 Å². The van der Waals surface area contributed by atoms with Crippen molar-refractivity contribution >= 4 is 0 Å². The Morgan fingerprint density at radius 1 is 1.00 bits per heavy atom. The summed E-state index contributed by atoms with van der Waals surface area (Å²) in [6, 6.07) is 14.0. The van der Waals surface area contributed by atoms with Gasteiger partial charge in [0.2, 0.25) is 0 Å². The molecule has 0 aromatic heterocycles. The van der Waals surface area contributed by atoms with E-state index in [0.717, 1.165) is 49.0 Å². The molecule has 0 amide bonds. The SMILES string of the molecule is CCc1ccc(-c2cc(F)cc(C3CCNCC3)c2)cc1. The fraction of sp³-hybridized carbons (Fsp3) is 0.368. The summed E-state index contributed by atoms with van der Waals surface area (Å²) in [4.78, 5) is 0. The van der Waals surface area contributed by atoms with E-state index in [2.05, 4.69) is 42.6 Å². The Hall–Kier alpha value is -1.67. The second kappa shape index (κ2) is 6.40. The van der Waals surface area contributed by atoms with Crippen molar-refractivity contribution in [3.8, 4) is 11.1 Å². The Morgan fingerprint density at radius 3 is 2.38 bits per heavy atom. The first-order valence-electron chi connectivity index (χ1n) is 7.87. The second-order valence-corrected chi connectivity index (χ2v) is 5.85. The predicted octanol–water partition coefficient (Wildman–Crippen LogP) is 4.52. The van der Waals surface area contributed by atoms with Gasteiger partial charge in [-0.15, -0.1) is 0 Å². The highest BCUT2D eigenvalue weighted by Crippen LogP contribution is 2.30. The van der Waals surface area contributed by atoms with Gasteiger partial charge in [0, 0.05) is 0 Å². The van der Waals surface area contributed by atoms with Crippen LogP contribution in [0.4, 0.5) is 4.39 Å². The quantitative estimate of drug-likeness (QED) is 0.873. The molecule has 1 aliphatic heterocycles. The van der Waals surface area contributed by atoms with Crippen molar-refractivity contribution in [2.45, 2.75) is 32.1 Å². The van der Waals surface area contributed by atoms with Gasteiger partial charge in [0.1, 0.15) is 5.82 Å². The van der Waals surface area contributed by atoms with Gasteiger partial charge in [-0.2, -0.15) is 0 Å². The molecule has 2 aromatic carbocycles. The van der Waals surface area contributed by atoms with Crippen LogP contribution in [-0.2, 0) is 6.42 Å². The maximum atomic E-state index is 14.0. The third-order valence-corrected chi connectivity index (χ3v) is 4.43. The number of hydrogen-bond donors (Lipinski definition) is 1. The average Bonchev–Trinajstić information content (AvgIpc) is 2.55. The summed E-state index contributed by atoms with van der Waals surface area (Å²) in [5.41, 5.74) is 4.55. The van der Waals surface area contributed by atoms with E-state index >= 15 is 0 Å². The van der Waals surface area contributed by atoms with Crippen LogP contribution in [0.15, 0.2) is 42.5 Å². The summed E-state index contributed by atoms with van der Waals surface area (Å²) in [5, 5.41) is 3.36. The highest BCUT2D eigenvalue weighted by molar-refractivity contribution is 5.65. The lowest BCUT2D eigenvalue weighted by Crippen LogP contribution is -2.26. The molecular weight excluding hydrogens is 261 g/mol. The van der Waals surface area contributed by atoms with Crippen molar-refractivity contribution in [2.75, 3.05) is 13.1 Å². The number of halogens is 1. The molecule has 0 radical (unpaired) electrons. The lowest BCUT2D eigenvalue weighted by molar-refractivity contribution is 0.458. The molecule has 0 spiro atoms. The smallest absolute Gasteiger partial charge is 0.124 e. The van der Waals surface area contributed by atoms with Gasteiger partial charge in [-0.05, 0) is 72.7 Å². The Kier molecular flexibility index (Phi) is 4.35. The molecule has 2 heteroatoms. The first-order valence-corrected chi connectivity index (χ1v) is 7.87. The molecule has 1 nitrogen and oxygen atoms in total. The van der Waals surface area contributed by atoms with Crippen LogP contribution in [0.5, 0.6) is 0 Å². The van der Waals surface area contributed by atoms with Gasteiger partial charge in [-0.25, -0.2) is 4.39 Å². The zero-order chi connectivity index (χ0) is 14.7. The number of aryl methyl sites for hydroxylation is 1. The summed E-state index contributed by atoms with van der Waals surface area (Å²) in [5.74, 6) is 0.358. The van der Waals surface area contributed by atoms with Crippen molar-refractivity contribution < 1.29 is 4.39 Å². The normalized spacial score (nSPS) is 16.1. The maximum Gasteiger partial charge on any atom is 0.124 e. The summed E-state index contributed by atoms with van der Waals surface area (Å²) in [6.45, 7) is 4.20. The molecule has 0 saturated carbocycles. The molecule has 0 bridgehead atoms. The van der Waals surface area contributed by atoms with Crippen LogP contribution >= 0.6 is 0 Å². The van der Waals surface area contributed by atoms with Crippen molar-refractivity contribution in [3.63, 3.8) is 0 Å². The number of nitrogens with one attached hydrogen (secondary N) is 1. The maximum absolute atomic E-state index is 14.0. The fourth-order valence-electron chi connectivity index (χ4n) is 3.10. The standard InChI is InChI=1S/C19H22FN/c1-2-14-3-5-15(6-4-14)17-11-18(13-19(20)12-17)16-7-9-21-10-8-16/h3-6,11-13,16,21H,2,7-10H2,1H3. The number of piperidine rings is 1. The molecule has 21 heavy (non-hydrogen) atoms. The minimum absolute atomic E-state index is 0.124. The third kappa shape index (κ3) is 3.33. The van der Waals surface area contributed by atoms with Gasteiger partial charge in [0.25, 0.3) is 0 Å². The predicted molar refractivity (Wildman–Crippen MR) is 86.1 cm³/mol. The molecular formula is C19H22FN. The molecule has 1 N–H and O–H groups in total. The minimum Gasteiger partial charge on any atom is -0.317 e. The molecule has 3 rings (SSSR count). The van der Waals surface area contributed by atoms with E-state index in [1.807, 2.05) is 0 Å². The summed E-state index contributed by atoms with van der Waals surface area (Å²) in [7, 11) is 0. The summed E-state index contributed by atoms with van der Waals surface area (Å²) < 4.78 is 14.0. The van der Waals surface area contributed by atoms with E-state index in [-0.39, 0.29) is 5.82 Å². The van der Waals surface area contributed by atoms with Crippen molar-refractivity contribution in [1.82, 2.24) is 5.32 Å². The van der Waals surface area contributed by atoms with E-state index in [4.69, 9.17) is 0 Å². The Bertz CT molecular complexity index is 597. The number of hydrogen-bond acceptors (Lipinski definition) is 1. The lowest BCUT2D eigenvalue weighted by Gasteiger charge is -2.23. The monoisotopic (exact) mass is 283 g/mol. The second-order valence-electron chi connectivity index (χ2n) is 5.85. The third-order valence-electron chi connectivity index (χ3n) is 4.43. The molecule has 0 atom stereocenters. The largest absolute Gasteiger partial charge is 0.317 e. The molecule has 2 aromatic rings. The summed E-state index contributed by atoms with van der Waals surface area (Å²) >= 11 is 0. The number of rotatable bonds is 3. The lowest BCUT2D eigenvalue weighted by atomic mass is 9.88. The average molecular weight is 283 g/mol. The van der Waals surface area contributed by atoms with Crippen molar-refractivity contribution in [3.05, 3.63) is 59.4 Å². The van der Waals surface area contributed by atoms with Crippen molar-refractivity contribution in [1.29, 1.82) is 0 Å². The molecule has 110 valence electrons. The van der Waals surface area contributed by atoms with E-state index in [1.54, 1.807) is 12.1 Å². The van der Waals surface area contributed by atoms with Crippen LogP contribution in [0.2, 0.25) is 0 Å². The van der Waals surface area contributed by atoms with E-state index < -0.39 is 0 Å². The zero-order valence-electron chi connectivity index (χ0n) is 12.5. The van der Waals surface area contributed by atoms with Crippen LogP contribution in [-0.4, -0.2) is 13.1 Å². The van der Waals surface area contributed by atoms with Gasteiger partial charge >= 0.3 is 0 Å². The molecule has 1 saturated heterocycles. The van der Waals surface area contributed by atoms with Crippen LogP contribution in [0.25, 0.3) is 11.1 Å². The Morgan fingerprint density at radius 2 is 1.71 bits per heavy atom. The summed E-state index contributed by atoms with van der Waals surface area (Å²) in [6.07, 6.45) is 3.22. The first kappa shape index (κ1) is 14.3. The highest BCUT2D eigenvalue weighted by Gasteiger charge is 2.16. The molecule has 0 unspecified atom stereocenters. The van der Waals surface area contributed by atoms with Gasteiger partial charge < -0.3 is 5.32 Å². The molecule has 1 heterocycles. The topological polar surface area (TPSA) is 12.0 Å². The van der Waals surface area contributed by atoms with Crippen LogP contribution in [0, 0.1) is 5.82 Å². The Labute approximate surface area is 126 Å². The van der Waals surface area contributed by atoms with E-state index in [9.17, 15) is 4.39 Å². The highest BCUT2D eigenvalue weighted by atomic mass is 19.1. The van der Waals surface area contributed by atoms with Gasteiger partial charge in [0.05, 0.1) is 0 Å². The van der Waals surface area contributed by atoms with Gasteiger partial charge in [0.15, 0.2) is 0 Å². The number of benzene rings is 2. The van der Waals surface area contributed by atoms with Gasteiger partial charge in [-0.1, -0.05) is 37.3 Å². The zero-order valence-corrected chi connectivity index (χ0v) is 12.5. The van der Waals surface area contributed by atoms with Crippen LogP contribution in [0.1, 0.15) is 36.8 Å².